The van der Waals surface area contributed by atoms with Gasteiger partial charge >= 0.3 is 6.09 Å². The van der Waals surface area contributed by atoms with E-state index >= 15 is 0 Å². The van der Waals surface area contributed by atoms with Gasteiger partial charge in [0.1, 0.15) is 11.6 Å². The van der Waals surface area contributed by atoms with Crippen LogP contribution in [0.15, 0.2) is 65.7 Å². The molecule has 0 unspecified atom stereocenters. The third-order valence-electron chi connectivity index (χ3n) is 4.02. The van der Waals surface area contributed by atoms with Crippen LogP contribution in [0.5, 0.6) is 0 Å². The molecule has 1 heterocycles. The first-order chi connectivity index (χ1) is 13.3. The molecule has 28 heavy (non-hydrogen) atoms. The number of carbonyl (C=O) groups excluding carboxylic acids is 2. The van der Waals surface area contributed by atoms with Crippen LogP contribution in [0.1, 0.15) is 26.3 Å². The number of amides is 1. The average Bonchev–Trinajstić information content (AvgIpc) is 3.03. The average molecular weight is 397 g/mol. The van der Waals surface area contributed by atoms with Crippen LogP contribution in [-0.2, 0) is 16.0 Å². The normalized spacial score (nSPS) is 12.5. The van der Waals surface area contributed by atoms with Crippen molar-refractivity contribution in [3.05, 3.63) is 66.4 Å². The van der Waals surface area contributed by atoms with E-state index in [0.29, 0.717) is 6.42 Å². The number of alkyl carbamates (subject to hydrolysis) is 1. The SMILES string of the molecule is CC(C)(C)OC(=O)N[C@@H](Cc1ccccc1)C(=O)Sc1c[nH]c2ccccc12. The van der Waals surface area contributed by atoms with Crippen molar-refractivity contribution in [3.63, 3.8) is 0 Å². The fourth-order valence-electron chi connectivity index (χ4n) is 2.80. The van der Waals surface area contributed by atoms with Crippen molar-refractivity contribution in [1.82, 2.24) is 10.3 Å². The van der Waals surface area contributed by atoms with Crippen LogP contribution >= 0.6 is 11.8 Å². The summed E-state index contributed by atoms with van der Waals surface area (Å²) in [6.45, 7) is 5.38. The van der Waals surface area contributed by atoms with Gasteiger partial charge in [-0.2, -0.15) is 0 Å². The zero-order valence-electron chi connectivity index (χ0n) is 16.2. The number of fused-ring (bicyclic) bond motifs is 1. The topological polar surface area (TPSA) is 71.2 Å². The summed E-state index contributed by atoms with van der Waals surface area (Å²) in [7, 11) is 0. The minimum atomic E-state index is -0.698. The monoisotopic (exact) mass is 396 g/mol. The van der Waals surface area contributed by atoms with Gasteiger partial charge in [-0.05, 0) is 44.2 Å². The highest BCUT2D eigenvalue weighted by molar-refractivity contribution is 8.14. The molecule has 3 aromatic rings. The molecular weight excluding hydrogens is 372 g/mol. The number of rotatable bonds is 5. The number of benzene rings is 2. The van der Waals surface area contributed by atoms with Gasteiger partial charge in [0.05, 0.1) is 0 Å². The van der Waals surface area contributed by atoms with Crippen LogP contribution in [0, 0.1) is 0 Å². The zero-order valence-corrected chi connectivity index (χ0v) is 17.0. The van der Waals surface area contributed by atoms with Crippen LogP contribution in [0.3, 0.4) is 0 Å². The number of thioether (sulfide) groups is 1. The molecule has 2 N–H and O–H groups in total. The summed E-state index contributed by atoms with van der Waals surface area (Å²) in [4.78, 5) is 29.3. The van der Waals surface area contributed by atoms with E-state index < -0.39 is 17.7 Å². The number of aromatic amines is 1. The molecular formula is C22H24N2O3S. The van der Waals surface area contributed by atoms with Crippen LogP contribution in [0.4, 0.5) is 4.79 Å². The number of hydrogen-bond donors (Lipinski definition) is 2. The Balaban J connectivity index is 1.78. The molecule has 0 radical (unpaired) electrons. The zero-order chi connectivity index (χ0) is 20.1. The summed E-state index contributed by atoms with van der Waals surface area (Å²) in [5.74, 6) is 0. The van der Waals surface area contributed by atoms with Crippen molar-refractivity contribution in [2.24, 2.45) is 0 Å². The second-order valence-corrected chi connectivity index (χ2v) is 8.55. The minimum Gasteiger partial charge on any atom is -0.444 e. The molecule has 0 aliphatic heterocycles. The first-order valence-corrected chi connectivity index (χ1v) is 9.95. The van der Waals surface area contributed by atoms with E-state index in [4.69, 9.17) is 4.74 Å². The second-order valence-electron chi connectivity index (χ2n) is 7.51. The van der Waals surface area contributed by atoms with E-state index in [-0.39, 0.29) is 5.12 Å². The first kappa shape index (κ1) is 20.0. The number of aromatic nitrogens is 1. The van der Waals surface area contributed by atoms with E-state index in [2.05, 4.69) is 10.3 Å². The van der Waals surface area contributed by atoms with Gasteiger partial charge in [0, 0.05) is 28.4 Å². The van der Waals surface area contributed by atoms with E-state index in [1.165, 1.54) is 0 Å². The molecule has 0 saturated carbocycles. The molecule has 2 aromatic carbocycles. The molecule has 1 amide bonds. The molecule has 5 nitrogen and oxygen atoms in total. The van der Waals surface area contributed by atoms with Crippen molar-refractivity contribution in [2.75, 3.05) is 0 Å². The van der Waals surface area contributed by atoms with Crippen LogP contribution in [0.2, 0.25) is 0 Å². The number of H-pyrrole nitrogens is 1. The first-order valence-electron chi connectivity index (χ1n) is 9.13. The number of carbonyl (C=O) groups is 2. The van der Waals surface area contributed by atoms with Gasteiger partial charge in [-0.15, -0.1) is 0 Å². The van der Waals surface area contributed by atoms with Gasteiger partial charge in [0.25, 0.3) is 0 Å². The van der Waals surface area contributed by atoms with Gasteiger partial charge in [0.15, 0.2) is 0 Å². The highest BCUT2D eigenvalue weighted by Crippen LogP contribution is 2.29. The summed E-state index contributed by atoms with van der Waals surface area (Å²) in [5, 5.41) is 3.58. The Hall–Kier alpha value is -2.73. The Labute approximate surface area is 168 Å². The molecule has 1 aromatic heterocycles. The Morgan fingerprint density at radius 1 is 1.07 bits per heavy atom. The Morgan fingerprint density at radius 3 is 2.46 bits per heavy atom. The van der Waals surface area contributed by atoms with E-state index in [9.17, 15) is 9.59 Å². The predicted octanol–water partition coefficient (Wildman–Crippen LogP) is 4.92. The van der Waals surface area contributed by atoms with Crippen molar-refractivity contribution < 1.29 is 14.3 Å². The number of ether oxygens (including phenoxy) is 1. The molecule has 0 spiro atoms. The van der Waals surface area contributed by atoms with Gasteiger partial charge in [0.2, 0.25) is 5.12 Å². The van der Waals surface area contributed by atoms with Crippen molar-refractivity contribution >= 4 is 33.9 Å². The van der Waals surface area contributed by atoms with Gasteiger partial charge in [-0.3, -0.25) is 4.79 Å². The molecule has 0 bridgehead atoms. The predicted molar refractivity (Wildman–Crippen MR) is 112 cm³/mol. The summed E-state index contributed by atoms with van der Waals surface area (Å²) in [6.07, 6.45) is 1.62. The van der Waals surface area contributed by atoms with Crippen molar-refractivity contribution in [2.45, 2.75) is 43.7 Å². The number of nitrogens with one attached hydrogen (secondary N) is 2. The molecule has 3 rings (SSSR count). The van der Waals surface area contributed by atoms with Gasteiger partial charge in [-0.25, -0.2) is 4.79 Å². The molecule has 146 valence electrons. The van der Waals surface area contributed by atoms with Crippen molar-refractivity contribution in [1.29, 1.82) is 0 Å². The van der Waals surface area contributed by atoms with E-state index in [1.807, 2.05) is 60.8 Å². The van der Waals surface area contributed by atoms with Crippen LogP contribution in [0.25, 0.3) is 10.9 Å². The summed E-state index contributed by atoms with van der Waals surface area (Å²) in [5.41, 5.74) is 1.31. The molecule has 0 aliphatic carbocycles. The lowest BCUT2D eigenvalue weighted by Gasteiger charge is -2.23. The third kappa shape index (κ3) is 5.39. The van der Waals surface area contributed by atoms with E-state index in [1.54, 1.807) is 20.8 Å². The van der Waals surface area contributed by atoms with E-state index in [0.717, 1.165) is 33.1 Å². The van der Waals surface area contributed by atoms with Gasteiger partial charge < -0.3 is 15.0 Å². The fourth-order valence-corrected chi connectivity index (χ4v) is 3.71. The van der Waals surface area contributed by atoms with Crippen LogP contribution in [-0.4, -0.2) is 27.8 Å². The minimum absolute atomic E-state index is 0.139. The quantitative estimate of drug-likeness (QED) is 0.600. The fraction of sp³-hybridized carbons (Fsp3) is 0.273. The summed E-state index contributed by atoms with van der Waals surface area (Å²) in [6, 6.07) is 16.7. The molecule has 1 atom stereocenters. The van der Waals surface area contributed by atoms with Gasteiger partial charge in [-0.1, -0.05) is 48.5 Å². The smallest absolute Gasteiger partial charge is 0.408 e. The highest BCUT2D eigenvalue weighted by Gasteiger charge is 2.26. The highest BCUT2D eigenvalue weighted by atomic mass is 32.2. The maximum absolute atomic E-state index is 13.0. The largest absolute Gasteiger partial charge is 0.444 e. The summed E-state index contributed by atoms with van der Waals surface area (Å²) < 4.78 is 5.34. The lowest BCUT2D eigenvalue weighted by Crippen LogP contribution is -2.43. The lowest BCUT2D eigenvalue weighted by atomic mass is 10.1. The van der Waals surface area contributed by atoms with Crippen molar-refractivity contribution in [3.8, 4) is 0 Å². The Morgan fingerprint density at radius 2 is 1.75 bits per heavy atom. The second kappa shape index (κ2) is 8.52. The third-order valence-corrected chi connectivity index (χ3v) is 5.06. The maximum atomic E-state index is 13.0. The molecule has 0 aliphatic rings. The molecule has 0 saturated heterocycles. The Bertz CT molecular complexity index is 961. The Kier molecular flexibility index (Phi) is 6.09. The summed E-state index contributed by atoms with van der Waals surface area (Å²) >= 11 is 1.13. The molecule has 0 fully saturated rings. The maximum Gasteiger partial charge on any atom is 0.408 e. The lowest BCUT2D eigenvalue weighted by molar-refractivity contribution is -0.112. The standard InChI is InChI=1S/C22H24N2O3S/c1-22(2,3)27-21(26)24-18(13-15-9-5-4-6-10-15)20(25)28-19-14-23-17-12-8-7-11-16(17)19/h4-12,14,18,23H,13H2,1-3H3,(H,24,26)/t18-/m0/s1. The number of hydrogen-bond acceptors (Lipinski definition) is 4. The van der Waals surface area contributed by atoms with Crippen LogP contribution < -0.4 is 5.32 Å². The number of para-hydroxylation sites is 1. The molecule has 6 heteroatoms.